The molecule has 0 saturated heterocycles. The predicted octanol–water partition coefficient (Wildman–Crippen LogP) is 3.94. The van der Waals surface area contributed by atoms with Crippen molar-refractivity contribution in [3.05, 3.63) is 65.3 Å². The molecule has 0 amide bonds. The summed E-state index contributed by atoms with van der Waals surface area (Å²) in [6.07, 6.45) is -3.24. The van der Waals surface area contributed by atoms with Crippen molar-refractivity contribution >= 4 is 37.3 Å². The average molecular weight is 494 g/mol. The number of halogens is 4. The van der Waals surface area contributed by atoms with Crippen LogP contribution in [0.15, 0.2) is 54.6 Å². The minimum absolute atomic E-state index is 0.0615. The van der Waals surface area contributed by atoms with Crippen LogP contribution in [0.2, 0.25) is 5.02 Å². The minimum atomic E-state index is -4.70. The van der Waals surface area contributed by atoms with Gasteiger partial charge in [0, 0.05) is 10.6 Å². The van der Waals surface area contributed by atoms with Crippen molar-refractivity contribution in [2.24, 2.45) is 0 Å². The number of benzene rings is 2. The summed E-state index contributed by atoms with van der Waals surface area (Å²) in [6.45, 7) is 0. The van der Waals surface area contributed by atoms with Gasteiger partial charge in [-0.3, -0.25) is 0 Å². The highest BCUT2D eigenvalue weighted by molar-refractivity contribution is 8.09. The molecule has 0 N–H and O–H groups in total. The molecule has 0 fully saturated rings. The van der Waals surface area contributed by atoms with Crippen LogP contribution in [0.1, 0.15) is 5.69 Å². The fraction of sp³-hybridized carbons (Fsp3) is 0.167. The Bertz CT molecular complexity index is 1290. The van der Waals surface area contributed by atoms with Gasteiger partial charge in [0.25, 0.3) is 0 Å². The zero-order valence-corrected chi connectivity index (χ0v) is 18.4. The maximum atomic E-state index is 13.3. The van der Waals surface area contributed by atoms with Crippen molar-refractivity contribution in [3.63, 3.8) is 0 Å². The number of aromatic nitrogens is 2. The Morgan fingerprint density at radius 3 is 1.87 bits per heavy atom. The molecule has 0 bridgehead atoms. The van der Waals surface area contributed by atoms with Crippen LogP contribution in [0, 0.1) is 0 Å². The average Bonchev–Trinajstić information content (AvgIpc) is 3.06. The molecule has 0 atom stereocenters. The summed E-state index contributed by atoms with van der Waals surface area (Å²) in [5.41, 5.74) is -0.680. The number of hydrogen-bond donors (Lipinski definition) is 0. The van der Waals surface area contributed by atoms with Gasteiger partial charge in [0.1, 0.15) is 0 Å². The van der Waals surface area contributed by atoms with Gasteiger partial charge in [-0.2, -0.15) is 22.0 Å². The maximum absolute atomic E-state index is 13.3. The third kappa shape index (κ3) is 5.02. The fourth-order valence-corrected chi connectivity index (χ4v) is 5.99. The van der Waals surface area contributed by atoms with Crippen LogP contribution in [0.25, 0.3) is 16.9 Å². The molecule has 0 unspecified atom stereocenters. The van der Waals surface area contributed by atoms with Crippen LogP contribution < -0.4 is 3.71 Å². The van der Waals surface area contributed by atoms with Gasteiger partial charge in [0.2, 0.25) is 20.0 Å². The van der Waals surface area contributed by atoms with E-state index >= 15 is 0 Å². The number of rotatable bonds is 5. The Hall–Kier alpha value is -2.57. The number of hydrogen-bond acceptors (Lipinski definition) is 5. The Kier molecular flexibility index (Phi) is 5.84. The summed E-state index contributed by atoms with van der Waals surface area (Å²) < 4.78 is 88.8. The summed E-state index contributed by atoms with van der Waals surface area (Å²) >= 11 is 5.84. The lowest BCUT2D eigenvalue weighted by molar-refractivity contribution is -0.141. The van der Waals surface area contributed by atoms with Crippen LogP contribution in [0.5, 0.6) is 0 Å². The van der Waals surface area contributed by atoms with Crippen molar-refractivity contribution in [3.8, 4) is 16.9 Å². The maximum Gasteiger partial charge on any atom is 0.435 e. The molecule has 31 heavy (non-hydrogen) atoms. The Labute approximate surface area is 181 Å². The van der Waals surface area contributed by atoms with E-state index in [4.69, 9.17) is 11.6 Å². The zero-order chi connectivity index (χ0) is 23.2. The fourth-order valence-electron chi connectivity index (χ4n) is 2.89. The van der Waals surface area contributed by atoms with E-state index < -0.39 is 31.9 Å². The summed E-state index contributed by atoms with van der Waals surface area (Å²) in [6, 6.07) is 11.8. The first kappa shape index (κ1) is 23.1. The van der Waals surface area contributed by atoms with Crippen molar-refractivity contribution in [1.29, 1.82) is 0 Å². The second-order valence-electron chi connectivity index (χ2n) is 6.57. The van der Waals surface area contributed by atoms with Gasteiger partial charge in [0.15, 0.2) is 5.69 Å². The molecule has 166 valence electrons. The number of sulfonamides is 2. The highest BCUT2D eigenvalue weighted by atomic mass is 35.5. The van der Waals surface area contributed by atoms with Crippen LogP contribution in [0.3, 0.4) is 0 Å². The highest BCUT2D eigenvalue weighted by Gasteiger charge is 2.35. The van der Waals surface area contributed by atoms with Gasteiger partial charge >= 0.3 is 6.18 Å². The molecule has 2 aromatic carbocycles. The lowest BCUT2D eigenvalue weighted by atomic mass is 10.1. The van der Waals surface area contributed by atoms with E-state index in [9.17, 15) is 30.0 Å². The molecular weight excluding hydrogens is 479 g/mol. The normalized spacial score (nSPS) is 12.7. The topological polar surface area (TPSA) is 89.3 Å². The molecule has 3 rings (SSSR count). The highest BCUT2D eigenvalue weighted by Crippen LogP contribution is 2.34. The second kappa shape index (κ2) is 7.84. The Morgan fingerprint density at radius 2 is 1.42 bits per heavy atom. The summed E-state index contributed by atoms with van der Waals surface area (Å²) in [7, 11) is -8.31. The Morgan fingerprint density at radius 1 is 0.903 bits per heavy atom. The summed E-state index contributed by atoms with van der Waals surface area (Å²) in [5, 5.41) is 4.03. The molecule has 3 aromatic rings. The zero-order valence-electron chi connectivity index (χ0n) is 16.0. The molecule has 7 nitrogen and oxygen atoms in total. The molecule has 0 aliphatic rings. The molecule has 0 aliphatic heterocycles. The standard InChI is InChI=1S/C18H15ClF3N3O4S2/c1-30(26,27)25(31(2,28)29)15-7-3-12(4-8-15)16-11-17(18(20,21)22)23-24(16)14-9-5-13(19)6-10-14/h3-11H,1-2H3. The number of nitrogens with zero attached hydrogens (tertiary/aromatic N) is 3. The molecule has 0 radical (unpaired) electrons. The van der Waals surface area contributed by atoms with E-state index in [1.807, 2.05) is 0 Å². The minimum Gasteiger partial charge on any atom is -0.233 e. The van der Waals surface area contributed by atoms with Gasteiger partial charge in [-0.25, -0.2) is 21.5 Å². The number of anilines is 1. The second-order valence-corrected chi connectivity index (χ2v) is 10.9. The van der Waals surface area contributed by atoms with Crippen LogP contribution in [-0.4, -0.2) is 39.1 Å². The van der Waals surface area contributed by atoms with E-state index in [2.05, 4.69) is 5.10 Å². The monoisotopic (exact) mass is 493 g/mol. The third-order valence-corrected chi connectivity index (χ3v) is 7.55. The van der Waals surface area contributed by atoms with Gasteiger partial charge < -0.3 is 0 Å². The van der Waals surface area contributed by atoms with E-state index in [0.29, 0.717) is 10.7 Å². The van der Waals surface area contributed by atoms with Gasteiger partial charge in [-0.05, 0) is 42.5 Å². The van der Waals surface area contributed by atoms with E-state index in [1.165, 1.54) is 48.5 Å². The molecule has 0 spiro atoms. The quantitative estimate of drug-likeness (QED) is 0.537. The molecule has 0 aliphatic carbocycles. The van der Waals surface area contributed by atoms with Gasteiger partial charge in [-0.15, -0.1) is 0 Å². The van der Waals surface area contributed by atoms with Crippen molar-refractivity contribution in [2.45, 2.75) is 6.18 Å². The Balaban J connectivity index is 2.14. The lowest BCUT2D eigenvalue weighted by Crippen LogP contribution is -2.35. The van der Waals surface area contributed by atoms with E-state index in [-0.39, 0.29) is 20.7 Å². The third-order valence-electron chi connectivity index (χ3n) is 4.05. The first-order chi connectivity index (χ1) is 14.2. The lowest BCUT2D eigenvalue weighted by Gasteiger charge is -2.20. The summed E-state index contributed by atoms with van der Waals surface area (Å²) in [4.78, 5) is 0. The number of alkyl halides is 3. The first-order valence-electron chi connectivity index (χ1n) is 8.42. The largest absolute Gasteiger partial charge is 0.435 e. The summed E-state index contributed by atoms with van der Waals surface area (Å²) in [5.74, 6) is 0. The molecule has 0 saturated carbocycles. The molecular formula is C18H15ClF3N3O4S2. The van der Waals surface area contributed by atoms with Crippen molar-refractivity contribution < 1.29 is 30.0 Å². The van der Waals surface area contributed by atoms with E-state index in [0.717, 1.165) is 23.3 Å². The molecule has 1 heterocycles. The SMILES string of the molecule is CS(=O)(=O)N(c1ccc(-c2cc(C(F)(F)F)nn2-c2ccc(Cl)cc2)cc1)S(C)(=O)=O. The molecule has 1 aromatic heterocycles. The van der Waals surface area contributed by atoms with E-state index in [1.54, 1.807) is 0 Å². The van der Waals surface area contributed by atoms with Gasteiger partial charge in [-0.1, -0.05) is 23.7 Å². The molecule has 13 heteroatoms. The van der Waals surface area contributed by atoms with Crippen molar-refractivity contribution in [2.75, 3.05) is 16.2 Å². The smallest absolute Gasteiger partial charge is 0.233 e. The van der Waals surface area contributed by atoms with Crippen LogP contribution >= 0.6 is 11.6 Å². The van der Waals surface area contributed by atoms with Crippen LogP contribution in [-0.2, 0) is 26.2 Å². The van der Waals surface area contributed by atoms with Gasteiger partial charge in [0.05, 0.1) is 29.6 Å². The first-order valence-corrected chi connectivity index (χ1v) is 12.5. The van der Waals surface area contributed by atoms with Crippen LogP contribution in [0.4, 0.5) is 18.9 Å². The van der Waals surface area contributed by atoms with Crippen molar-refractivity contribution in [1.82, 2.24) is 9.78 Å². The predicted molar refractivity (Wildman–Crippen MR) is 111 cm³/mol.